The number of nitrogens with zero attached hydrogens (tertiary/aromatic N) is 3. The third-order valence-corrected chi connectivity index (χ3v) is 2.81. The highest BCUT2D eigenvalue weighted by Gasteiger charge is 2.15. The molecule has 0 saturated carbocycles. The molecule has 1 fully saturated rings. The van der Waals surface area contributed by atoms with Crippen molar-refractivity contribution < 1.29 is 4.74 Å². The van der Waals surface area contributed by atoms with Gasteiger partial charge in [0.25, 0.3) is 0 Å². The zero-order valence-corrected chi connectivity index (χ0v) is 10.2. The standard InChI is InChI=1S/C11H14N4O.ClH/c1-5-12-6-2-9(1)16-11-4-8-15-10(14-11)3-7-13-15;/h3-4,7-9,12H,1-2,5-6H2;1H. The number of hydrogen-bond acceptors (Lipinski definition) is 4. The lowest BCUT2D eigenvalue weighted by Crippen LogP contribution is -2.34. The zero-order valence-electron chi connectivity index (χ0n) is 9.37. The van der Waals surface area contributed by atoms with E-state index in [1.165, 1.54) is 0 Å². The Morgan fingerprint density at radius 3 is 2.94 bits per heavy atom. The molecule has 3 heterocycles. The number of rotatable bonds is 2. The first-order valence-electron chi connectivity index (χ1n) is 5.59. The molecular formula is C11H15ClN4O. The van der Waals surface area contributed by atoms with E-state index in [9.17, 15) is 0 Å². The Balaban J connectivity index is 0.00000108. The molecule has 2 aromatic heterocycles. The maximum absolute atomic E-state index is 5.84. The number of nitrogens with one attached hydrogen (secondary N) is 1. The van der Waals surface area contributed by atoms with Gasteiger partial charge in [0.05, 0.1) is 6.20 Å². The molecule has 1 aliphatic heterocycles. The van der Waals surface area contributed by atoms with Crippen LogP contribution >= 0.6 is 12.4 Å². The molecule has 17 heavy (non-hydrogen) atoms. The molecule has 0 aliphatic carbocycles. The minimum absolute atomic E-state index is 0. The monoisotopic (exact) mass is 254 g/mol. The third-order valence-electron chi connectivity index (χ3n) is 2.81. The number of halogens is 1. The van der Waals surface area contributed by atoms with Crippen LogP contribution in [0.25, 0.3) is 5.65 Å². The summed E-state index contributed by atoms with van der Waals surface area (Å²) in [7, 11) is 0. The minimum atomic E-state index is 0. The SMILES string of the molecule is Cl.c1cc2nc(OC3CCNCC3)ccn2n1. The predicted octanol–water partition coefficient (Wildman–Crippen LogP) is 1.28. The third kappa shape index (κ3) is 2.68. The van der Waals surface area contributed by atoms with Crippen LogP contribution in [0.4, 0.5) is 0 Å². The van der Waals surface area contributed by atoms with Crippen molar-refractivity contribution >= 4 is 18.1 Å². The molecule has 0 amide bonds. The lowest BCUT2D eigenvalue weighted by molar-refractivity contribution is 0.156. The van der Waals surface area contributed by atoms with Gasteiger partial charge in [-0.25, -0.2) is 4.52 Å². The van der Waals surface area contributed by atoms with Crippen molar-refractivity contribution in [2.45, 2.75) is 18.9 Å². The van der Waals surface area contributed by atoms with Crippen molar-refractivity contribution in [3.05, 3.63) is 24.5 Å². The maximum atomic E-state index is 5.84. The zero-order chi connectivity index (χ0) is 10.8. The van der Waals surface area contributed by atoms with Gasteiger partial charge >= 0.3 is 0 Å². The summed E-state index contributed by atoms with van der Waals surface area (Å²) in [4.78, 5) is 4.39. The molecule has 0 unspecified atom stereocenters. The minimum Gasteiger partial charge on any atom is -0.474 e. The molecule has 1 saturated heterocycles. The highest BCUT2D eigenvalue weighted by atomic mass is 35.5. The Morgan fingerprint density at radius 1 is 1.29 bits per heavy atom. The Morgan fingerprint density at radius 2 is 2.12 bits per heavy atom. The molecule has 3 rings (SSSR count). The van der Waals surface area contributed by atoms with E-state index in [-0.39, 0.29) is 12.4 Å². The van der Waals surface area contributed by atoms with Crippen LogP contribution in [0.1, 0.15) is 12.8 Å². The van der Waals surface area contributed by atoms with Gasteiger partial charge in [-0.05, 0) is 25.9 Å². The number of fused-ring (bicyclic) bond motifs is 1. The summed E-state index contributed by atoms with van der Waals surface area (Å²) < 4.78 is 7.57. The highest BCUT2D eigenvalue weighted by molar-refractivity contribution is 5.85. The number of hydrogen-bond donors (Lipinski definition) is 1. The van der Waals surface area contributed by atoms with Gasteiger partial charge in [-0.1, -0.05) is 0 Å². The summed E-state index contributed by atoms with van der Waals surface area (Å²) in [5.41, 5.74) is 0.825. The molecule has 1 aliphatic rings. The average molecular weight is 255 g/mol. The average Bonchev–Trinajstić information content (AvgIpc) is 2.77. The van der Waals surface area contributed by atoms with E-state index in [2.05, 4.69) is 15.4 Å². The van der Waals surface area contributed by atoms with Crippen molar-refractivity contribution in [1.29, 1.82) is 0 Å². The number of ether oxygens (including phenoxy) is 1. The molecular weight excluding hydrogens is 240 g/mol. The van der Waals surface area contributed by atoms with E-state index < -0.39 is 0 Å². The van der Waals surface area contributed by atoms with Gasteiger partial charge in [0, 0.05) is 18.3 Å². The second-order valence-corrected chi connectivity index (χ2v) is 3.97. The van der Waals surface area contributed by atoms with E-state index in [1.54, 1.807) is 10.7 Å². The molecule has 0 spiro atoms. The maximum Gasteiger partial charge on any atom is 0.217 e. The van der Waals surface area contributed by atoms with Gasteiger partial charge in [-0.3, -0.25) is 0 Å². The molecule has 92 valence electrons. The van der Waals surface area contributed by atoms with Gasteiger partial charge in [0.1, 0.15) is 6.10 Å². The van der Waals surface area contributed by atoms with Crippen LogP contribution in [0.5, 0.6) is 5.88 Å². The van der Waals surface area contributed by atoms with Crippen molar-refractivity contribution in [3.8, 4) is 5.88 Å². The highest BCUT2D eigenvalue weighted by Crippen LogP contribution is 2.14. The van der Waals surface area contributed by atoms with E-state index >= 15 is 0 Å². The topological polar surface area (TPSA) is 51.5 Å². The van der Waals surface area contributed by atoms with Crippen LogP contribution in [-0.2, 0) is 0 Å². The Bertz CT molecular complexity index is 481. The smallest absolute Gasteiger partial charge is 0.217 e. The first kappa shape index (κ1) is 12.1. The van der Waals surface area contributed by atoms with E-state index in [0.717, 1.165) is 31.6 Å². The van der Waals surface area contributed by atoms with Gasteiger partial charge in [-0.2, -0.15) is 10.1 Å². The molecule has 0 bridgehead atoms. The van der Waals surface area contributed by atoms with Crippen LogP contribution < -0.4 is 10.1 Å². The van der Waals surface area contributed by atoms with E-state index in [0.29, 0.717) is 12.0 Å². The largest absolute Gasteiger partial charge is 0.474 e. The van der Waals surface area contributed by atoms with Gasteiger partial charge in [-0.15, -0.1) is 12.4 Å². The molecule has 0 atom stereocenters. The van der Waals surface area contributed by atoms with E-state index in [4.69, 9.17) is 4.74 Å². The molecule has 1 N–H and O–H groups in total. The summed E-state index contributed by atoms with van der Waals surface area (Å²) >= 11 is 0. The van der Waals surface area contributed by atoms with Gasteiger partial charge < -0.3 is 10.1 Å². The van der Waals surface area contributed by atoms with Crippen LogP contribution in [0, 0.1) is 0 Å². The lowest BCUT2D eigenvalue weighted by Gasteiger charge is -2.23. The second-order valence-electron chi connectivity index (χ2n) is 3.97. The molecule has 0 aromatic carbocycles. The van der Waals surface area contributed by atoms with Crippen molar-refractivity contribution in [2.75, 3.05) is 13.1 Å². The molecule has 0 radical (unpaired) electrons. The number of piperidine rings is 1. The lowest BCUT2D eigenvalue weighted by atomic mass is 10.1. The van der Waals surface area contributed by atoms with Crippen LogP contribution in [0.2, 0.25) is 0 Å². The van der Waals surface area contributed by atoms with Crippen LogP contribution in [-0.4, -0.2) is 33.8 Å². The molecule has 6 heteroatoms. The van der Waals surface area contributed by atoms with Crippen molar-refractivity contribution in [2.24, 2.45) is 0 Å². The van der Waals surface area contributed by atoms with Crippen LogP contribution in [0.3, 0.4) is 0 Å². The van der Waals surface area contributed by atoms with Crippen molar-refractivity contribution in [1.82, 2.24) is 19.9 Å². The van der Waals surface area contributed by atoms with E-state index in [1.807, 2.05) is 18.3 Å². The second kappa shape index (κ2) is 5.33. The fourth-order valence-electron chi connectivity index (χ4n) is 1.94. The van der Waals surface area contributed by atoms with Gasteiger partial charge in [0.2, 0.25) is 5.88 Å². The fourth-order valence-corrected chi connectivity index (χ4v) is 1.94. The Labute approximate surface area is 106 Å². The van der Waals surface area contributed by atoms with Gasteiger partial charge in [0.15, 0.2) is 5.65 Å². The summed E-state index contributed by atoms with van der Waals surface area (Å²) in [5, 5.41) is 7.41. The molecule has 5 nitrogen and oxygen atoms in total. The van der Waals surface area contributed by atoms with Crippen molar-refractivity contribution in [3.63, 3.8) is 0 Å². The normalized spacial score (nSPS) is 16.7. The fraction of sp³-hybridized carbons (Fsp3) is 0.455. The molecule has 2 aromatic rings. The Hall–Kier alpha value is -1.33. The number of aromatic nitrogens is 3. The van der Waals surface area contributed by atoms with Crippen LogP contribution in [0.15, 0.2) is 24.5 Å². The quantitative estimate of drug-likeness (QED) is 0.877. The Kier molecular flexibility index (Phi) is 3.81. The predicted molar refractivity (Wildman–Crippen MR) is 66.8 cm³/mol. The summed E-state index contributed by atoms with van der Waals surface area (Å²) in [6, 6.07) is 3.73. The first-order valence-corrected chi connectivity index (χ1v) is 5.59. The summed E-state index contributed by atoms with van der Waals surface area (Å²) in [6.45, 7) is 2.05. The summed E-state index contributed by atoms with van der Waals surface area (Å²) in [6.07, 6.45) is 5.99. The first-order chi connectivity index (χ1) is 7.92. The summed E-state index contributed by atoms with van der Waals surface area (Å²) in [5.74, 6) is 0.694.